The van der Waals surface area contributed by atoms with Crippen molar-refractivity contribution in [3.8, 4) is 0 Å². The van der Waals surface area contributed by atoms with Crippen LogP contribution in [0, 0.1) is 5.92 Å². The summed E-state index contributed by atoms with van der Waals surface area (Å²) in [5, 5.41) is 8.85. The summed E-state index contributed by atoms with van der Waals surface area (Å²) in [6, 6.07) is -0.172. The Morgan fingerprint density at radius 1 is 0.852 bits per heavy atom. The Kier molecular flexibility index (Phi) is 4.38. The Balaban J connectivity index is 1.29. The topological polar surface area (TPSA) is 80.6 Å². The molecule has 0 bridgehead atoms. The molecule has 2 saturated heterocycles. The first-order valence-electron chi connectivity index (χ1n) is 10.3. The summed E-state index contributed by atoms with van der Waals surface area (Å²) < 4.78 is 7.49. The maximum Gasteiger partial charge on any atom is 0.245 e. The van der Waals surface area contributed by atoms with Crippen molar-refractivity contribution < 1.29 is 14.3 Å². The molecule has 1 aromatic rings. The van der Waals surface area contributed by atoms with Crippen LogP contribution in [0.3, 0.4) is 0 Å². The molecule has 0 aromatic carbocycles. The fourth-order valence-corrected chi connectivity index (χ4v) is 4.70. The highest BCUT2D eigenvalue weighted by atomic mass is 16.5. The van der Waals surface area contributed by atoms with Crippen LogP contribution in [-0.2, 0) is 20.7 Å². The first kappa shape index (κ1) is 17.2. The van der Waals surface area contributed by atoms with Crippen molar-refractivity contribution in [2.45, 2.75) is 50.5 Å². The van der Waals surface area contributed by atoms with Gasteiger partial charge in [-0.05, 0) is 32.1 Å². The number of nitrogens with zero attached hydrogens (tertiary/aromatic N) is 5. The first-order valence-corrected chi connectivity index (χ1v) is 10.3. The Morgan fingerprint density at radius 3 is 2.26 bits per heavy atom. The number of aromatic nitrogens is 3. The molecule has 1 unspecified atom stereocenters. The fourth-order valence-electron chi connectivity index (χ4n) is 4.70. The lowest BCUT2D eigenvalue weighted by molar-refractivity contribution is -0.138. The van der Waals surface area contributed by atoms with Crippen molar-refractivity contribution in [2.24, 2.45) is 5.92 Å². The molecule has 2 amide bonds. The third-order valence-electron chi connectivity index (χ3n) is 6.45. The summed E-state index contributed by atoms with van der Waals surface area (Å²) in [4.78, 5) is 29.3. The largest absolute Gasteiger partial charge is 0.378 e. The number of carbonyl (C=O) groups excluding carboxylic acids is 2. The summed E-state index contributed by atoms with van der Waals surface area (Å²) in [5.74, 6) is 2.97. The Hall–Kier alpha value is -1.96. The molecule has 146 valence electrons. The molecule has 3 aliphatic heterocycles. The van der Waals surface area contributed by atoms with Gasteiger partial charge in [0.15, 0.2) is 0 Å². The quantitative estimate of drug-likeness (QED) is 0.781. The zero-order chi connectivity index (χ0) is 18.4. The highest BCUT2D eigenvalue weighted by molar-refractivity contribution is 5.81. The molecule has 4 aliphatic rings. The van der Waals surface area contributed by atoms with Gasteiger partial charge in [-0.1, -0.05) is 0 Å². The van der Waals surface area contributed by atoms with Gasteiger partial charge in [0.05, 0.1) is 13.2 Å². The predicted octanol–water partition coefficient (Wildman–Crippen LogP) is 0.740. The number of hydrogen-bond donors (Lipinski definition) is 0. The molecule has 1 aromatic heterocycles. The van der Waals surface area contributed by atoms with Crippen molar-refractivity contribution in [2.75, 3.05) is 39.4 Å². The minimum absolute atomic E-state index is 0.172. The van der Waals surface area contributed by atoms with E-state index < -0.39 is 0 Å². The van der Waals surface area contributed by atoms with E-state index in [-0.39, 0.29) is 23.8 Å². The lowest BCUT2D eigenvalue weighted by Gasteiger charge is -2.33. The SMILES string of the molecule is O=C(C1CC1)N1CCC(c2nnc3n2C(C(=O)N2CCOCC2)CC3)CC1. The molecule has 0 N–H and O–H groups in total. The molecule has 5 rings (SSSR count). The van der Waals surface area contributed by atoms with E-state index in [1.54, 1.807) is 0 Å². The van der Waals surface area contributed by atoms with Gasteiger partial charge in [-0.2, -0.15) is 0 Å². The van der Waals surface area contributed by atoms with E-state index >= 15 is 0 Å². The summed E-state index contributed by atoms with van der Waals surface area (Å²) in [6.45, 7) is 4.17. The summed E-state index contributed by atoms with van der Waals surface area (Å²) >= 11 is 0. The number of carbonyl (C=O) groups is 2. The smallest absolute Gasteiger partial charge is 0.245 e. The normalized spacial score (nSPS) is 26.3. The molecule has 3 fully saturated rings. The van der Waals surface area contributed by atoms with Crippen LogP contribution >= 0.6 is 0 Å². The minimum Gasteiger partial charge on any atom is -0.378 e. The minimum atomic E-state index is -0.172. The molecule has 27 heavy (non-hydrogen) atoms. The van der Waals surface area contributed by atoms with E-state index in [1.807, 2.05) is 9.80 Å². The van der Waals surface area contributed by atoms with E-state index in [9.17, 15) is 9.59 Å². The molecule has 0 radical (unpaired) electrons. The number of aryl methyl sites for hydroxylation is 1. The van der Waals surface area contributed by atoms with Crippen molar-refractivity contribution in [3.05, 3.63) is 11.6 Å². The zero-order valence-electron chi connectivity index (χ0n) is 15.7. The number of likely N-dealkylation sites (tertiary alicyclic amines) is 1. The predicted molar refractivity (Wildman–Crippen MR) is 96.1 cm³/mol. The molecular weight excluding hydrogens is 346 g/mol. The maximum atomic E-state index is 13.1. The average molecular weight is 373 g/mol. The number of amides is 2. The van der Waals surface area contributed by atoms with Crippen molar-refractivity contribution in [3.63, 3.8) is 0 Å². The molecule has 4 heterocycles. The molecule has 1 atom stereocenters. The van der Waals surface area contributed by atoms with Gasteiger partial charge >= 0.3 is 0 Å². The van der Waals surface area contributed by atoms with E-state index in [4.69, 9.17) is 4.74 Å². The molecule has 1 saturated carbocycles. The maximum absolute atomic E-state index is 13.1. The fraction of sp³-hybridized carbons (Fsp3) is 0.789. The highest BCUT2D eigenvalue weighted by Gasteiger charge is 2.39. The van der Waals surface area contributed by atoms with E-state index in [2.05, 4.69) is 14.8 Å². The van der Waals surface area contributed by atoms with Crippen LogP contribution in [0.1, 0.15) is 55.7 Å². The molecule has 8 nitrogen and oxygen atoms in total. The van der Waals surface area contributed by atoms with Gasteiger partial charge in [0.1, 0.15) is 17.7 Å². The van der Waals surface area contributed by atoms with Crippen molar-refractivity contribution in [1.29, 1.82) is 0 Å². The second-order valence-electron chi connectivity index (χ2n) is 8.21. The number of piperidine rings is 1. The Labute approximate surface area is 158 Å². The lowest BCUT2D eigenvalue weighted by Crippen LogP contribution is -2.44. The number of hydrogen-bond acceptors (Lipinski definition) is 5. The monoisotopic (exact) mass is 373 g/mol. The highest BCUT2D eigenvalue weighted by Crippen LogP contribution is 2.37. The summed E-state index contributed by atoms with van der Waals surface area (Å²) in [6.07, 6.45) is 5.56. The van der Waals surface area contributed by atoms with Gasteiger partial charge in [0, 0.05) is 44.4 Å². The van der Waals surface area contributed by atoms with Crippen LogP contribution in [0.25, 0.3) is 0 Å². The van der Waals surface area contributed by atoms with Crippen molar-refractivity contribution in [1.82, 2.24) is 24.6 Å². The average Bonchev–Trinajstić information content (AvgIpc) is 3.36. The number of morpholine rings is 1. The lowest BCUT2D eigenvalue weighted by atomic mass is 9.95. The van der Waals surface area contributed by atoms with E-state index in [0.717, 1.165) is 63.3 Å². The Bertz CT molecular complexity index is 730. The standard InChI is InChI=1S/C19H27N5O3/c25-18(14-1-2-14)22-7-5-13(6-8-22)17-21-20-16-4-3-15(24(16)17)19(26)23-9-11-27-12-10-23/h13-15H,1-12H2. The van der Waals surface area contributed by atoms with Crippen LogP contribution in [0.2, 0.25) is 0 Å². The van der Waals surface area contributed by atoms with Gasteiger partial charge in [-0.15, -0.1) is 10.2 Å². The molecule has 0 spiro atoms. The van der Waals surface area contributed by atoms with E-state index in [1.165, 1.54) is 0 Å². The number of rotatable bonds is 3. The van der Waals surface area contributed by atoms with Gasteiger partial charge in [-0.3, -0.25) is 9.59 Å². The van der Waals surface area contributed by atoms with Crippen LogP contribution in [-0.4, -0.2) is 75.8 Å². The summed E-state index contributed by atoms with van der Waals surface area (Å²) in [5.41, 5.74) is 0. The van der Waals surface area contributed by atoms with Crippen LogP contribution in [0.4, 0.5) is 0 Å². The first-order chi connectivity index (χ1) is 13.2. The Morgan fingerprint density at radius 2 is 1.56 bits per heavy atom. The second kappa shape index (κ2) is 6.89. The number of fused-ring (bicyclic) bond motifs is 1. The van der Waals surface area contributed by atoms with Gasteiger partial charge in [0.25, 0.3) is 0 Å². The zero-order valence-corrected chi connectivity index (χ0v) is 15.7. The van der Waals surface area contributed by atoms with Gasteiger partial charge in [0.2, 0.25) is 11.8 Å². The van der Waals surface area contributed by atoms with Crippen molar-refractivity contribution >= 4 is 11.8 Å². The van der Waals surface area contributed by atoms with Crippen LogP contribution in [0.15, 0.2) is 0 Å². The third-order valence-corrected chi connectivity index (χ3v) is 6.45. The molecule has 8 heteroatoms. The van der Waals surface area contributed by atoms with Gasteiger partial charge < -0.3 is 19.1 Å². The van der Waals surface area contributed by atoms with Crippen LogP contribution in [0.5, 0.6) is 0 Å². The van der Waals surface area contributed by atoms with Crippen LogP contribution < -0.4 is 0 Å². The van der Waals surface area contributed by atoms with Gasteiger partial charge in [-0.25, -0.2) is 0 Å². The van der Waals surface area contributed by atoms with E-state index in [0.29, 0.717) is 32.2 Å². The third kappa shape index (κ3) is 3.13. The molecule has 1 aliphatic carbocycles. The second-order valence-corrected chi connectivity index (χ2v) is 8.21. The number of ether oxygens (including phenoxy) is 1. The molecular formula is C19H27N5O3. The summed E-state index contributed by atoms with van der Waals surface area (Å²) in [7, 11) is 0.